The Bertz CT molecular complexity index is 1230. The van der Waals surface area contributed by atoms with Gasteiger partial charge in [0.15, 0.2) is 5.78 Å². The fraction of sp³-hybridized carbons (Fsp3) is 0.448. The standard InChI is InChI=1S/C29H35NO4/c1-18(2)20-13-14-23-22(15-20)26(27(31)19-10-8-11-19)24(16-29(3,4)28(32)33)30(23)17-21-9-6-7-12-25(21)34-5/h6-7,9,12-15,18-19H,8,10-11,16-17H2,1-5H3,(H,32,33). The first-order valence-electron chi connectivity index (χ1n) is 12.2. The topological polar surface area (TPSA) is 68.5 Å². The lowest BCUT2D eigenvalue weighted by molar-refractivity contribution is -0.146. The molecule has 5 nitrogen and oxygen atoms in total. The number of aromatic nitrogens is 1. The molecular weight excluding hydrogens is 426 g/mol. The van der Waals surface area contributed by atoms with E-state index in [9.17, 15) is 14.7 Å². The van der Waals surface area contributed by atoms with Crippen molar-refractivity contribution in [3.05, 3.63) is 64.8 Å². The lowest BCUT2D eigenvalue weighted by Crippen LogP contribution is -2.29. The van der Waals surface area contributed by atoms with Crippen molar-refractivity contribution in [2.24, 2.45) is 11.3 Å². The normalized spacial score (nSPS) is 14.4. The average Bonchev–Trinajstić information content (AvgIpc) is 3.04. The Morgan fingerprint density at radius 2 is 1.85 bits per heavy atom. The molecule has 1 N–H and O–H groups in total. The number of fused-ring (bicyclic) bond motifs is 1. The molecule has 1 fully saturated rings. The number of carboxylic acids is 1. The molecule has 4 rings (SSSR count). The number of benzene rings is 2. The summed E-state index contributed by atoms with van der Waals surface area (Å²) < 4.78 is 7.75. The molecule has 2 aromatic carbocycles. The zero-order valence-corrected chi connectivity index (χ0v) is 20.9. The largest absolute Gasteiger partial charge is 0.496 e. The summed E-state index contributed by atoms with van der Waals surface area (Å²) in [5, 5.41) is 10.9. The summed E-state index contributed by atoms with van der Waals surface area (Å²) in [6, 6.07) is 14.2. The third kappa shape index (κ3) is 4.36. The van der Waals surface area contributed by atoms with Gasteiger partial charge in [0.25, 0.3) is 0 Å². The molecule has 0 amide bonds. The van der Waals surface area contributed by atoms with Gasteiger partial charge in [-0.3, -0.25) is 9.59 Å². The number of nitrogens with zero attached hydrogens (tertiary/aromatic N) is 1. The minimum absolute atomic E-state index is 0.0275. The van der Waals surface area contributed by atoms with Crippen LogP contribution in [0.1, 0.15) is 80.1 Å². The molecule has 3 aromatic rings. The van der Waals surface area contributed by atoms with E-state index in [0.29, 0.717) is 18.0 Å². The van der Waals surface area contributed by atoms with Crippen LogP contribution in [0.2, 0.25) is 0 Å². The van der Waals surface area contributed by atoms with Crippen LogP contribution in [0.25, 0.3) is 10.9 Å². The average molecular weight is 462 g/mol. The van der Waals surface area contributed by atoms with E-state index in [2.05, 4.69) is 36.6 Å². The van der Waals surface area contributed by atoms with Crippen molar-refractivity contribution < 1.29 is 19.4 Å². The highest BCUT2D eigenvalue weighted by molar-refractivity contribution is 6.11. The van der Waals surface area contributed by atoms with E-state index < -0.39 is 11.4 Å². The maximum absolute atomic E-state index is 13.8. The number of aliphatic carboxylic acids is 1. The van der Waals surface area contributed by atoms with Gasteiger partial charge in [-0.1, -0.05) is 44.5 Å². The number of para-hydroxylation sites is 1. The Labute approximate surface area is 201 Å². The van der Waals surface area contributed by atoms with Crippen LogP contribution in [-0.4, -0.2) is 28.5 Å². The predicted molar refractivity (Wildman–Crippen MR) is 135 cm³/mol. The van der Waals surface area contributed by atoms with Gasteiger partial charge in [-0.05, 0) is 56.4 Å². The van der Waals surface area contributed by atoms with Gasteiger partial charge in [0.1, 0.15) is 5.75 Å². The van der Waals surface area contributed by atoms with Crippen LogP contribution in [-0.2, 0) is 17.8 Å². The van der Waals surface area contributed by atoms with Gasteiger partial charge < -0.3 is 14.4 Å². The highest BCUT2D eigenvalue weighted by Crippen LogP contribution is 2.39. The third-order valence-corrected chi connectivity index (χ3v) is 7.29. The first-order valence-corrected chi connectivity index (χ1v) is 12.2. The molecular formula is C29H35NO4. The van der Waals surface area contributed by atoms with E-state index in [-0.39, 0.29) is 18.1 Å². The van der Waals surface area contributed by atoms with Gasteiger partial charge >= 0.3 is 5.97 Å². The lowest BCUT2D eigenvalue weighted by atomic mass is 9.78. The second kappa shape index (κ2) is 9.28. The van der Waals surface area contributed by atoms with E-state index in [1.807, 2.05) is 24.3 Å². The van der Waals surface area contributed by atoms with E-state index in [1.165, 1.54) is 5.56 Å². The number of carbonyl (C=O) groups excluding carboxylic acids is 1. The highest BCUT2D eigenvalue weighted by Gasteiger charge is 2.36. The SMILES string of the molecule is COc1ccccc1Cn1c(CC(C)(C)C(=O)O)c(C(=O)C2CCC2)c2cc(C(C)C)ccc21. The molecule has 0 atom stereocenters. The summed E-state index contributed by atoms with van der Waals surface area (Å²) in [6.45, 7) is 8.27. The smallest absolute Gasteiger partial charge is 0.309 e. The van der Waals surface area contributed by atoms with Crippen LogP contribution < -0.4 is 4.74 Å². The number of ketones is 1. The van der Waals surface area contributed by atoms with Crippen LogP contribution in [0.3, 0.4) is 0 Å². The summed E-state index contributed by atoms with van der Waals surface area (Å²) >= 11 is 0. The second-order valence-corrected chi connectivity index (χ2v) is 10.5. The molecule has 0 spiro atoms. The molecule has 1 aliphatic rings. The maximum atomic E-state index is 13.8. The second-order valence-electron chi connectivity index (χ2n) is 10.5. The Balaban J connectivity index is 1.99. The minimum atomic E-state index is -1.01. The van der Waals surface area contributed by atoms with E-state index >= 15 is 0 Å². The molecule has 34 heavy (non-hydrogen) atoms. The van der Waals surface area contributed by atoms with E-state index in [0.717, 1.165) is 47.2 Å². The Kier molecular flexibility index (Phi) is 6.57. The van der Waals surface area contributed by atoms with E-state index in [1.54, 1.807) is 21.0 Å². The number of Topliss-reactive ketones (excluding diaryl/α,β-unsaturated/α-hetero) is 1. The van der Waals surface area contributed by atoms with Crippen molar-refractivity contribution in [2.75, 3.05) is 7.11 Å². The predicted octanol–water partition coefficient (Wildman–Crippen LogP) is 6.46. The van der Waals surface area contributed by atoms with Crippen molar-refractivity contribution in [1.82, 2.24) is 4.57 Å². The lowest BCUT2D eigenvalue weighted by Gasteiger charge is -2.26. The van der Waals surface area contributed by atoms with Crippen LogP contribution in [0.15, 0.2) is 42.5 Å². The van der Waals surface area contributed by atoms with Crippen molar-refractivity contribution in [2.45, 2.75) is 65.8 Å². The fourth-order valence-corrected chi connectivity index (χ4v) is 4.80. The third-order valence-electron chi connectivity index (χ3n) is 7.29. The first kappa shape index (κ1) is 24.1. The molecule has 0 aliphatic heterocycles. The Hall–Kier alpha value is -3.08. The van der Waals surface area contributed by atoms with Crippen molar-refractivity contribution in [3.63, 3.8) is 0 Å². The monoisotopic (exact) mass is 461 g/mol. The summed E-state index contributed by atoms with van der Waals surface area (Å²) in [5.74, 6) is 0.421. The molecule has 1 saturated carbocycles. The van der Waals surface area contributed by atoms with Crippen LogP contribution in [0.4, 0.5) is 0 Å². The van der Waals surface area contributed by atoms with Gasteiger partial charge in [0, 0.05) is 40.1 Å². The zero-order chi connectivity index (χ0) is 24.6. The molecule has 1 aromatic heterocycles. The molecule has 1 heterocycles. The van der Waals surface area contributed by atoms with Crippen molar-refractivity contribution in [1.29, 1.82) is 0 Å². The fourth-order valence-electron chi connectivity index (χ4n) is 4.80. The van der Waals surface area contributed by atoms with Gasteiger partial charge in [0.2, 0.25) is 0 Å². The Morgan fingerprint density at radius 3 is 2.44 bits per heavy atom. The summed E-state index contributed by atoms with van der Waals surface area (Å²) in [6.07, 6.45) is 3.16. The van der Waals surface area contributed by atoms with Crippen molar-refractivity contribution >= 4 is 22.7 Å². The van der Waals surface area contributed by atoms with Gasteiger partial charge in [-0.15, -0.1) is 0 Å². The molecule has 180 valence electrons. The number of rotatable bonds is 9. The summed E-state index contributed by atoms with van der Waals surface area (Å²) in [4.78, 5) is 25.9. The highest BCUT2D eigenvalue weighted by atomic mass is 16.5. The number of hydrogen-bond donors (Lipinski definition) is 1. The number of ether oxygens (including phenoxy) is 1. The number of carboxylic acid groups (broad SMARTS) is 1. The molecule has 5 heteroatoms. The van der Waals surface area contributed by atoms with Crippen LogP contribution >= 0.6 is 0 Å². The summed E-state index contributed by atoms with van der Waals surface area (Å²) in [7, 11) is 1.65. The van der Waals surface area contributed by atoms with Gasteiger partial charge in [-0.25, -0.2) is 0 Å². The zero-order valence-electron chi connectivity index (χ0n) is 20.9. The summed E-state index contributed by atoms with van der Waals surface area (Å²) in [5.41, 5.74) is 3.65. The van der Waals surface area contributed by atoms with E-state index in [4.69, 9.17) is 4.74 Å². The molecule has 1 aliphatic carbocycles. The Morgan fingerprint density at radius 1 is 1.15 bits per heavy atom. The molecule has 0 radical (unpaired) electrons. The van der Waals surface area contributed by atoms with Gasteiger partial charge in [-0.2, -0.15) is 0 Å². The number of hydrogen-bond acceptors (Lipinski definition) is 3. The van der Waals surface area contributed by atoms with Crippen molar-refractivity contribution in [3.8, 4) is 5.75 Å². The molecule has 0 bridgehead atoms. The van der Waals surface area contributed by atoms with Gasteiger partial charge in [0.05, 0.1) is 19.1 Å². The number of methoxy groups -OCH3 is 1. The molecule has 0 unspecified atom stereocenters. The maximum Gasteiger partial charge on any atom is 0.309 e. The first-order chi connectivity index (χ1) is 16.1. The minimum Gasteiger partial charge on any atom is -0.496 e. The van der Waals surface area contributed by atoms with Crippen LogP contribution in [0, 0.1) is 11.3 Å². The van der Waals surface area contributed by atoms with Crippen LogP contribution in [0.5, 0.6) is 5.75 Å². The number of carbonyl (C=O) groups is 2. The quantitative estimate of drug-likeness (QED) is 0.371. The molecule has 0 saturated heterocycles.